The van der Waals surface area contributed by atoms with Crippen LogP contribution < -0.4 is 5.32 Å². The minimum absolute atomic E-state index is 0.134. The number of nitrogens with zero attached hydrogens (tertiary/aromatic N) is 1. The van der Waals surface area contributed by atoms with E-state index < -0.39 is 0 Å². The first kappa shape index (κ1) is 15.2. The summed E-state index contributed by atoms with van der Waals surface area (Å²) < 4.78 is 5.67. The van der Waals surface area contributed by atoms with Crippen LogP contribution in [-0.2, 0) is 4.74 Å². The summed E-state index contributed by atoms with van der Waals surface area (Å²) in [5, 5.41) is 13.6. The van der Waals surface area contributed by atoms with Crippen LogP contribution in [-0.4, -0.2) is 60.5 Å². The molecule has 0 bridgehead atoms. The summed E-state index contributed by atoms with van der Waals surface area (Å²) in [5.41, 5.74) is -0.134. The standard InChI is InChI=1S/C15H30N2O2/c1-11(2)16-15(10-18,13-5-6-13)9-17(4)14-7-8-19-12(14)3/h11-14,16,18H,5-10H2,1-4H3. The molecule has 2 fully saturated rings. The van der Waals surface area contributed by atoms with Gasteiger partial charge in [0, 0.05) is 25.2 Å². The minimum Gasteiger partial charge on any atom is -0.394 e. The van der Waals surface area contributed by atoms with Gasteiger partial charge in [-0.05, 0) is 39.2 Å². The molecule has 3 unspecified atom stereocenters. The van der Waals surface area contributed by atoms with Gasteiger partial charge in [0.1, 0.15) is 0 Å². The molecule has 2 aliphatic rings. The van der Waals surface area contributed by atoms with Gasteiger partial charge in [-0.3, -0.25) is 4.90 Å². The van der Waals surface area contributed by atoms with Gasteiger partial charge >= 0.3 is 0 Å². The first-order valence-corrected chi connectivity index (χ1v) is 7.69. The molecule has 2 N–H and O–H groups in total. The van der Waals surface area contributed by atoms with Crippen molar-refractivity contribution in [1.82, 2.24) is 10.2 Å². The molecular weight excluding hydrogens is 240 g/mol. The van der Waals surface area contributed by atoms with Crippen molar-refractivity contribution in [3.05, 3.63) is 0 Å². The van der Waals surface area contributed by atoms with Gasteiger partial charge in [0.15, 0.2) is 0 Å². The number of nitrogens with one attached hydrogen (secondary N) is 1. The summed E-state index contributed by atoms with van der Waals surface area (Å²) in [4.78, 5) is 2.39. The molecule has 4 nitrogen and oxygen atoms in total. The fourth-order valence-corrected chi connectivity index (χ4v) is 3.59. The highest BCUT2D eigenvalue weighted by Crippen LogP contribution is 2.40. The predicted molar refractivity (Wildman–Crippen MR) is 77.3 cm³/mol. The Morgan fingerprint density at radius 2 is 2.05 bits per heavy atom. The third-order valence-corrected chi connectivity index (χ3v) is 4.65. The van der Waals surface area contributed by atoms with Crippen molar-refractivity contribution in [2.75, 3.05) is 26.8 Å². The van der Waals surface area contributed by atoms with E-state index >= 15 is 0 Å². The third kappa shape index (κ3) is 3.48. The van der Waals surface area contributed by atoms with E-state index in [2.05, 4.69) is 38.0 Å². The van der Waals surface area contributed by atoms with Gasteiger partial charge in [-0.2, -0.15) is 0 Å². The van der Waals surface area contributed by atoms with Crippen LogP contribution in [0.5, 0.6) is 0 Å². The van der Waals surface area contributed by atoms with E-state index in [0.29, 0.717) is 24.1 Å². The van der Waals surface area contributed by atoms with Gasteiger partial charge in [0.25, 0.3) is 0 Å². The molecule has 1 heterocycles. The second-order valence-electron chi connectivity index (χ2n) is 6.73. The third-order valence-electron chi connectivity index (χ3n) is 4.65. The second kappa shape index (κ2) is 6.08. The topological polar surface area (TPSA) is 44.7 Å². The fraction of sp³-hybridized carbons (Fsp3) is 1.00. The molecule has 3 atom stereocenters. The molecule has 0 aromatic carbocycles. The predicted octanol–water partition coefficient (Wildman–Crippen LogP) is 1.23. The highest BCUT2D eigenvalue weighted by Gasteiger charge is 2.46. The zero-order valence-electron chi connectivity index (χ0n) is 12.9. The maximum Gasteiger partial charge on any atom is 0.0702 e. The molecule has 0 radical (unpaired) electrons. The fourth-order valence-electron chi connectivity index (χ4n) is 3.59. The maximum atomic E-state index is 9.97. The van der Waals surface area contributed by atoms with Gasteiger partial charge < -0.3 is 15.2 Å². The summed E-state index contributed by atoms with van der Waals surface area (Å²) in [5.74, 6) is 0.625. The summed E-state index contributed by atoms with van der Waals surface area (Å²) in [7, 11) is 2.17. The molecule has 0 aromatic heterocycles. The van der Waals surface area contributed by atoms with Crippen molar-refractivity contribution in [1.29, 1.82) is 0 Å². The quantitative estimate of drug-likeness (QED) is 0.730. The molecule has 1 aliphatic heterocycles. The summed E-state index contributed by atoms with van der Waals surface area (Å²) >= 11 is 0. The lowest BCUT2D eigenvalue weighted by Crippen LogP contribution is -2.61. The Kier molecular flexibility index (Phi) is 4.88. The molecule has 0 aromatic rings. The van der Waals surface area contributed by atoms with Crippen LogP contribution in [0.15, 0.2) is 0 Å². The van der Waals surface area contributed by atoms with Gasteiger partial charge in [-0.25, -0.2) is 0 Å². The van der Waals surface area contributed by atoms with Gasteiger partial charge in [-0.15, -0.1) is 0 Å². The number of hydrogen-bond acceptors (Lipinski definition) is 4. The Bertz CT molecular complexity index is 294. The van der Waals surface area contributed by atoms with Crippen LogP contribution in [0.4, 0.5) is 0 Å². The number of rotatable bonds is 7. The molecule has 2 rings (SSSR count). The maximum absolute atomic E-state index is 9.97. The van der Waals surface area contributed by atoms with Gasteiger partial charge in [-0.1, -0.05) is 13.8 Å². The van der Waals surface area contributed by atoms with E-state index in [1.54, 1.807) is 0 Å². The Morgan fingerprint density at radius 3 is 2.47 bits per heavy atom. The van der Waals surface area contributed by atoms with Crippen LogP contribution in [0.1, 0.15) is 40.0 Å². The van der Waals surface area contributed by atoms with Crippen LogP contribution in [0, 0.1) is 5.92 Å². The highest BCUT2D eigenvalue weighted by molar-refractivity contribution is 5.04. The Hall–Kier alpha value is -0.160. The zero-order chi connectivity index (χ0) is 14.0. The molecule has 0 spiro atoms. The minimum atomic E-state index is -0.134. The largest absolute Gasteiger partial charge is 0.394 e. The molecule has 4 heteroatoms. The number of aliphatic hydroxyl groups is 1. The van der Waals surface area contributed by atoms with Crippen molar-refractivity contribution < 1.29 is 9.84 Å². The molecule has 0 amide bonds. The SMILES string of the molecule is CC(C)NC(CO)(CN(C)C1CCOC1C)C1CC1. The van der Waals surface area contributed by atoms with Crippen LogP contribution in [0.2, 0.25) is 0 Å². The van der Waals surface area contributed by atoms with E-state index in [-0.39, 0.29) is 12.1 Å². The summed E-state index contributed by atoms with van der Waals surface area (Å²) in [6, 6.07) is 0.886. The highest BCUT2D eigenvalue weighted by atomic mass is 16.5. The molecule has 1 saturated carbocycles. The van der Waals surface area contributed by atoms with Crippen molar-refractivity contribution in [2.45, 2.75) is 63.8 Å². The lowest BCUT2D eigenvalue weighted by molar-refractivity contribution is 0.0467. The first-order chi connectivity index (χ1) is 8.98. The average Bonchev–Trinajstić information content (AvgIpc) is 3.11. The smallest absolute Gasteiger partial charge is 0.0702 e. The number of ether oxygens (including phenoxy) is 1. The summed E-state index contributed by atoms with van der Waals surface area (Å²) in [6.07, 6.45) is 3.89. The van der Waals surface area contributed by atoms with Crippen molar-refractivity contribution in [2.24, 2.45) is 5.92 Å². The van der Waals surface area contributed by atoms with Gasteiger partial charge in [0.2, 0.25) is 0 Å². The normalized spacial score (nSPS) is 31.1. The van der Waals surface area contributed by atoms with Crippen LogP contribution in [0.3, 0.4) is 0 Å². The average molecular weight is 270 g/mol. The second-order valence-corrected chi connectivity index (χ2v) is 6.73. The van der Waals surface area contributed by atoms with E-state index in [1.165, 1.54) is 12.8 Å². The van der Waals surface area contributed by atoms with E-state index in [1.807, 2.05) is 0 Å². The zero-order valence-corrected chi connectivity index (χ0v) is 12.9. The Balaban J connectivity index is 2.02. The molecule has 112 valence electrons. The first-order valence-electron chi connectivity index (χ1n) is 7.69. The lowest BCUT2D eigenvalue weighted by Gasteiger charge is -2.41. The Morgan fingerprint density at radius 1 is 1.37 bits per heavy atom. The number of aliphatic hydroxyl groups excluding tert-OH is 1. The van der Waals surface area contributed by atoms with Crippen LogP contribution >= 0.6 is 0 Å². The Labute approximate surface area is 117 Å². The van der Waals surface area contributed by atoms with E-state index in [4.69, 9.17) is 4.74 Å². The van der Waals surface area contributed by atoms with E-state index in [9.17, 15) is 5.11 Å². The van der Waals surface area contributed by atoms with Crippen molar-refractivity contribution >= 4 is 0 Å². The lowest BCUT2D eigenvalue weighted by atomic mass is 9.91. The van der Waals surface area contributed by atoms with Gasteiger partial charge in [0.05, 0.1) is 18.2 Å². The number of hydrogen-bond donors (Lipinski definition) is 2. The van der Waals surface area contributed by atoms with Crippen LogP contribution in [0.25, 0.3) is 0 Å². The molecule has 1 saturated heterocycles. The van der Waals surface area contributed by atoms with E-state index in [0.717, 1.165) is 19.6 Å². The molecular formula is C15H30N2O2. The monoisotopic (exact) mass is 270 g/mol. The number of likely N-dealkylation sites (N-methyl/N-ethyl adjacent to an activating group) is 1. The molecule has 19 heavy (non-hydrogen) atoms. The summed E-state index contributed by atoms with van der Waals surface area (Å²) in [6.45, 7) is 8.47. The van der Waals surface area contributed by atoms with Crippen molar-refractivity contribution in [3.8, 4) is 0 Å². The van der Waals surface area contributed by atoms with Crippen molar-refractivity contribution in [3.63, 3.8) is 0 Å². The molecule has 1 aliphatic carbocycles.